The third-order valence-corrected chi connectivity index (χ3v) is 3.75. The molecule has 0 radical (unpaired) electrons. The molecule has 2 atom stereocenters. The Kier molecular flexibility index (Phi) is 5.50. The number of nitrogens with one attached hydrogen (secondary N) is 1. The number of carbonyl (C=O) groups excluding carboxylic acids is 1. The summed E-state index contributed by atoms with van der Waals surface area (Å²) in [7, 11) is 0. The number of hydrogen-bond donors (Lipinski definition) is 2. The largest absolute Gasteiger partial charge is 0.492 e. The second-order valence-electron chi connectivity index (χ2n) is 5.33. The molecule has 1 fully saturated rings. The van der Waals surface area contributed by atoms with Gasteiger partial charge in [-0.15, -0.1) is 0 Å². The third kappa shape index (κ3) is 4.67. The molecule has 2 rings (SSSR count). The molecule has 0 unspecified atom stereocenters. The van der Waals surface area contributed by atoms with Crippen LogP contribution in [0.4, 0.5) is 8.78 Å². The summed E-state index contributed by atoms with van der Waals surface area (Å²) in [6, 6.07) is 3.45. The predicted molar refractivity (Wildman–Crippen MR) is 74.8 cm³/mol. The van der Waals surface area contributed by atoms with Crippen LogP contribution in [0.5, 0.6) is 5.75 Å². The summed E-state index contributed by atoms with van der Waals surface area (Å²) in [5.41, 5.74) is 5.91. The molecule has 1 saturated carbocycles. The number of carbonyl (C=O) groups is 1. The van der Waals surface area contributed by atoms with E-state index in [-0.39, 0.29) is 30.2 Å². The van der Waals surface area contributed by atoms with E-state index < -0.39 is 11.6 Å². The Balaban J connectivity index is 1.64. The van der Waals surface area contributed by atoms with Gasteiger partial charge >= 0.3 is 0 Å². The average Bonchev–Trinajstić information content (AvgIpc) is 2.84. The van der Waals surface area contributed by atoms with Crippen molar-refractivity contribution in [1.29, 1.82) is 0 Å². The minimum absolute atomic E-state index is 0.0498. The van der Waals surface area contributed by atoms with Crippen molar-refractivity contribution >= 4 is 5.91 Å². The highest BCUT2D eigenvalue weighted by Crippen LogP contribution is 2.26. The van der Waals surface area contributed by atoms with Crippen LogP contribution in [0.2, 0.25) is 0 Å². The number of ether oxygens (including phenoxy) is 1. The Morgan fingerprint density at radius 3 is 2.81 bits per heavy atom. The normalized spacial score (nSPS) is 21.3. The van der Waals surface area contributed by atoms with E-state index in [1.165, 1.54) is 6.07 Å². The smallest absolute Gasteiger partial charge is 0.220 e. The van der Waals surface area contributed by atoms with Crippen molar-refractivity contribution in [3.05, 3.63) is 29.8 Å². The maximum Gasteiger partial charge on any atom is 0.220 e. The summed E-state index contributed by atoms with van der Waals surface area (Å²) < 4.78 is 30.9. The van der Waals surface area contributed by atoms with Gasteiger partial charge in [0.2, 0.25) is 5.91 Å². The van der Waals surface area contributed by atoms with Gasteiger partial charge in [0, 0.05) is 18.5 Å². The minimum Gasteiger partial charge on any atom is -0.492 e. The quantitative estimate of drug-likeness (QED) is 0.789. The second-order valence-corrected chi connectivity index (χ2v) is 5.33. The molecule has 1 aliphatic carbocycles. The maximum absolute atomic E-state index is 12.9. The molecule has 0 heterocycles. The number of amides is 1. The van der Waals surface area contributed by atoms with Crippen LogP contribution in [0.1, 0.15) is 25.7 Å². The SMILES string of the molecule is N[C@@H]1CCC[C@H]1CC(=O)NCCOc1ccc(F)c(F)c1. The lowest BCUT2D eigenvalue weighted by Crippen LogP contribution is -2.33. The fraction of sp³-hybridized carbons (Fsp3) is 0.533. The highest BCUT2D eigenvalue weighted by Gasteiger charge is 2.25. The topological polar surface area (TPSA) is 64.4 Å². The summed E-state index contributed by atoms with van der Waals surface area (Å²) >= 11 is 0. The maximum atomic E-state index is 12.9. The van der Waals surface area contributed by atoms with Crippen molar-refractivity contribution in [1.82, 2.24) is 5.32 Å². The lowest BCUT2D eigenvalue weighted by atomic mass is 10.00. The molecule has 0 spiro atoms. The highest BCUT2D eigenvalue weighted by molar-refractivity contribution is 5.76. The number of rotatable bonds is 6. The van der Waals surface area contributed by atoms with Crippen LogP contribution < -0.4 is 15.8 Å². The molecule has 3 N–H and O–H groups in total. The van der Waals surface area contributed by atoms with Gasteiger partial charge in [0.05, 0.1) is 6.54 Å². The van der Waals surface area contributed by atoms with Gasteiger partial charge in [0.1, 0.15) is 12.4 Å². The first-order valence-corrected chi connectivity index (χ1v) is 7.16. The third-order valence-electron chi connectivity index (χ3n) is 3.75. The first kappa shape index (κ1) is 15.7. The van der Waals surface area contributed by atoms with E-state index in [1.54, 1.807) is 0 Å². The molecule has 0 aliphatic heterocycles. The molecule has 0 bridgehead atoms. The van der Waals surface area contributed by atoms with Crippen LogP contribution in [0, 0.1) is 17.6 Å². The molecule has 1 aromatic carbocycles. The zero-order valence-corrected chi connectivity index (χ0v) is 11.8. The van der Waals surface area contributed by atoms with Crippen LogP contribution in [0.25, 0.3) is 0 Å². The van der Waals surface area contributed by atoms with E-state index in [0.29, 0.717) is 13.0 Å². The summed E-state index contributed by atoms with van der Waals surface area (Å²) in [5, 5.41) is 2.74. The molecular weight excluding hydrogens is 278 g/mol. The molecule has 4 nitrogen and oxygen atoms in total. The average molecular weight is 298 g/mol. The van der Waals surface area contributed by atoms with Gasteiger partial charge in [-0.05, 0) is 30.9 Å². The Labute approximate surface area is 122 Å². The molecule has 0 aromatic heterocycles. The van der Waals surface area contributed by atoms with E-state index in [2.05, 4.69) is 5.32 Å². The van der Waals surface area contributed by atoms with Crippen molar-refractivity contribution < 1.29 is 18.3 Å². The van der Waals surface area contributed by atoms with Gasteiger partial charge in [0.15, 0.2) is 11.6 Å². The van der Waals surface area contributed by atoms with Gasteiger partial charge in [-0.25, -0.2) is 8.78 Å². The van der Waals surface area contributed by atoms with Gasteiger partial charge < -0.3 is 15.8 Å². The lowest BCUT2D eigenvalue weighted by molar-refractivity contribution is -0.122. The minimum atomic E-state index is -0.952. The van der Waals surface area contributed by atoms with E-state index in [4.69, 9.17) is 10.5 Å². The second kappa shape index (κ2) is 7.36. The molecule has 1 amide bonds. The Morgan fingerprint density at radius 2 is 2.14 bits per heavy atom. The molecule has 0 saturated heterocycles. The molecule has 1 aliphatic rings. The summed E-state index contributed by atoms with van der Waals surface area (Å²) in [6.07, 6.45) is 3.50. The van der Waals surface area contributed by atoms with Crippen molar-refractivity contribution in [2.45, 2.75) is 31.7 Å². The first-order chi connectivity index (χ1) is 10.1. The Bertz CT molecular complexity index is 497. The molecular formula is C15H20F2N2O2. The van der Waals surface area contributed by atoms with Crippen molar-refractivity contribution in [3.8, 4) is 5.75 Å². The van der Waals surface area contributed by atoms with Gasteiger partial charge in [-0.3, -0.25) is 4.79 Å². The predicted octanol–water partition coefficient (Wildman–Crippen LogP) is 1.98. The van der Waals surface area contributed by atoms with Gasteiger partial charge in [0.25, 0.3) is 0 Å². The highest BCUT2D eigenvalue weighted by atomic mass is 19.2. The van der Waals surface area contributed by atoms with E-state index in [9.17, 15) is 13.6 Å². The Hall–Kier alpha value is -1.69. The molecule has 1 aromatic rings. The van der Waals surface area contributed by atoms with Crippen LogP contribution in [-0.4, -0.2) is 25.1 Å². The number of hydrogen-bond acceptors (Lipinski definition) is 3. The Morgan fingerprint density at radius 1 is 1.33 bits per heavy atom. The van der Waals surface area contributed by atoms with Crippen LogP contribution in [-0.2, 0) is 4.79 Å². The zero-order valence-electron chi connectivity index (χ0n) is 11.8. The fourth-order valence-corrected chi connectivity index (χ4v) is 2.56. The molecule has 116 valence electrons. The lowest BCUT2D eigenvalue weighted by Gasteiger charge is -2.14. The van der Waals surface area contributed by atoms with Crippen molar-refractivity contribution in [2.75, 3.05) is 13.2 Å². The summed E-state index contributed by atoms with van der Waals surface area (Å²) in [4.78, 5) is 11.7. The van der Waals surface area contributed by atoms with E-state index in [1.807, 2.05) is 0 Å². The van der Waals surface area contributed by atoms with E-state index in [0.717, 1.165) is 31.4 Å². The number of halogens is 2. The van der Waals surface area contributed by atoms with E-state index >= 15 is 0 Å². The number of benzene rings is 1. The van der Waals surface area contributed by atoms with Crippen molar-refractivity contribution in [3.63, 3.8) is 0 Å². The monoisotopic (exact) mass is 298 g/mol. The molecule has 6 heteroatoms. The van der Waals surface area contributed by atoms with Crippen LogP contribution in [0.3, 0.4) is 0 Å². The van der Waals surface area contributed by atoms with Crippen molar-refractivity contribution in [2.24, 2.45) is 11.7 Å². The van der Waals surface area contributed by atoms with Crippen LogP contribution >= 0.6 is 0 Å². The number of nitrogens with two attached hydrogens (primary N) is 1. The standard InChI is InChI=1S/C15H20F2N2O2/c16-12-5-4-11(9-13(12)17)21-7-6-19-15(20)8-10-2-1-3-14(10)18/h4-5,9-10,14H,1-3,6-8,18H2,(H,19,20)/t10-,14+/m0/s1. The van der Waals surface area contributed by atoms with Crippen LogP contribution in [0.15, 0.2) is 18.2 Å². The molecule has 21 heavy (non-hydrogen) atoms. The summed E-state index contributed by atoms with van der Waals surface area (Å²) in [6.45, 7) is 0.521. The van der Waals surface area contributed by atoms with Gasteiger partial charge in [-0.1, -0.05) is 6.42 Å². The zero-order chi connectivity index (χ0) is 15.2. The summed E-state index contributed by atoms with van der Waals surface area (Å²) in [5.74, 6) is -1.42. The first-order valence-electron chi connectivity index (χ1n) is 7.16. The fourth-order valence-electron chi connectivity index (χ4n) is 2.56. The van der Waals surface area contributed by atoms with Gasteiger partial charge in [-0.2, -0.15) is 0 Å².